The van der Waals surface area contributed by atoms with Crippen molar-refractivity contribution in [2.45, 2.75) is 38.0 Å². The van der Waals surface area contributed by atoms with E-state index in [2.05, 4.69) is 27.3 Å². The number of unbranched alkanes of at least 4 members (excludes halogenated alkanes) is 2. The van der Waals surface area contributed by atoms with Gasteiger partial charge in [-0.2, -0.15) is 0 Å². The maximum atomic E-state index is 5.67. The summed E-state index contributed by atoms with van der Waals surface area (Å²) < 4.78 is 13.1. The van der Waals surface area contributed by atoms with Crippen molar-refractivity contribution in [1.82, 2.24) is 25.0 Å². The van der Waals surface area contributed by atoms with E-state index in [0.29, 0.717) is 11.1 Å². The van der Waals surface area contributed by atoms with Gasteiger partial charge in [0.1, 0.15) is 18.4 Å². The third kappa shape index (κ3) is 4.58. The van der Waals surface area contributed by atoms with Crippen LogP contribution in [0.15, 0.2) is 46.6 Å². The quantitative estimate of drug-likeness (QED) is 0.434. The van der Waals surface area contributed by atoms with Crippen LogP contribution >= 0.6 is 11.8 Å². The van der Waals surface area contributed by atoms with Crippen LogP contribution in [0.3, 0.4) is 0 Å². The Morgan fingerprint density at radius 3 is 2.62 bits per heavy atom. The summed E-state index contributed by atoms with van der Waals surface area (Å²) in [6, 6.07) is 7.63. The lowest BCUT2D eigenvalue weighted by molar-refractivity contribution is 0.252. The lowest BCUT2D eigenvalue weighted by atomic mass is 10.3. The molecular formula is C16H19N5O2S. The zero-order chi connectivity index (χ0) is 16.6. The molecule has 0 N–H and O–H groups in total. The van der Waals surface area contributed by atoms with E-state index in [4.69, 9.17) is 9.15 Å². The number of aromatic nitrogens is 5. The van der Waals surface area contributed by atoms with Crippen LogP contribution in [0.25, 0.3) is 5.69 Å². The van der Waals surface area contributed by atoms with Gasteiger partial charge in [0.25, 0.3) is 11.1 Å². The molecule has 0 bridgehead atoms. The SMILES string of the molecule is CCCCCSc1nnc(COc2ccc(-n3cnnc3)cc2)o1. The average molecular weight is 345 g/mol. The molecule has 0 saturated carbocycles. The minimum atomic E-state index is 0.258. The Labute approximate surface area is 144 Å². The monoisotopic (exact) mass is 345 g/mol. The molecule has 7 nitrogen and oxygen atoms in total. The van der Waals surface area contributed by atoms with Gasteiger partial charge in [-0.3, -0.25) is 4.57 Å². The van der Waals surface area contributed by atoms with E-state index < -0.39 is 0 Å². The van der Waals surface area contributed by atoms with Gasteiger partial charge in [0.2, 0.25) is 0 Å². The minimum Gasteiger partial charge on any atom is -0.484 e. The molecule has 0 radical (unpaired) electrons. The fourth-order valence-corrected chi connectivity index (χ4v) is 2.84. The Morgan fingerprint density at radius 1 is 1.08 bits per heavy atom. The van der Waals surface area contributed by atoms with E-state index in [1.165, 1.54) is 12.8 Å². The van der Waals surface area contributed by atoms with Gasteiger partial charge in [-0.25, -0.2) is 0 Å². The second-order valence-corrected chi connectivity index (χ2v) is 6.22. The van der Waals surface area contributed by atoms with Crippen LogP contribution in [0.5, 0.6) is 5.75 Å². The third-order valence-electron chi connectivity index (χ3n) is 3.34. The van der Waals surface area contributed by atoms with E-state index in [0.717, 1.165) is 23.6 Å². The molecule has 0 fully saturated rings. The molecule has 3 aromatic rings. The molecule has 0 aliphatic rings. The standard InChI is InChI=1S/C16H19N5O2S/c1-2-3-4-9-24-16-20-19-15(23-16)10-22-14-7-5-13(6-8-14)21-11-17-18-12-21/h5-8,11-12H,2-4,9-10H2,1H3. The van der Waals surface area contributed by atoms with Crippen molar-refractivity contribution in [3.05, 3.63) is 42.8 Å². The van der Waals surface area contributed by atoms with Crippen molar-refractivity contribution < 1.29 is 9.15 Å². The van der Waals surface area contributed by atoms with E-state index in [1.807, 2.05) is 28.8 Å². The first-order valence-electron chi connectivity index (χ1n) is 7.88. The van der Waals surface area contributed by atoms with Crippen molar-refractivity contribution in [2.75, 3.05) is 5.75 Å². The van der Waals surface area contributed by atoms with Crippen LogP contribution < -0.4 is 4.74 Å². The highest BCUT2D eigenvalue weighted by Crippen LogP contribution is 2.20. The summed E-state index contributed by atoms with van der Waals surface area (Å²) in [6.07, 6.45) is 6.89. The number of hydrogen-bond donors (Lipinski definition) is 0. The van der Waals surface area contributed by atoms with E-state index in [1.54, 1.807) is 24.4 Å². The number of hydrogen-bond acceptors (Lipinski definition) is 7. The fourth-order valence-electron chi connectivity index (χ4n) is 2.06. The Morgan fingerprint density at radius 2 is 1.88 bits per heavy atom. The summed E-state index contributed by atoms with van der Waals surface area (Å²) in [7, 11) is 0. The average Bonchev–Trinajstić information content (AvgIpc) is 3.29. The molecule has 3 rings (SSSR count). The van der Waals surface area contributed by atoms with Gasteiger partial charge in [0.05, 0.1) is 0 Å². The van der Waals surface area contributed by atoms with Crippen molar-refractivity contribution in [2.24, 2.45) is 0 Å². The van der Waals surface area contributed by atoms with Gasteiger partial charge >= 0.3 is 0 Å². The largest absolute Gasteiger partial charge is 0.484 e. The molecule has 0 saturated heterocycles. The number of benzene rings is 1. The maximum Gasteiger partial charge on any atom is 0.276 e. The molecule has 24 heavy (non-hydrogen) atoms. The first kappa shape index (κ1) is 16.5. The van der Waals surface area contributed by atoms with Gasteiger partial charge in [0.15, 0.2) is 6.61 Å². The molecule has 8 heteroatoms. The smallest absolute Gasteiger partial charge is 0.276 e. The van der Waals surface area contributed by atoms with Crippen LogP contribution in [0.1, 0.15) is 32.1 Å². The molecule has 0 aliphatic heterocycles. The third-order valence-corrected chi connectivity index (χ3v) is 4.24. The van der Waals surface area contributed by atoms with Gasteiger partial charge in [0, 0.05) is 11.4 Å². The number of thioether (sulfide) groups is 1. The van der Waals surface area contributed by atoms with Crippen molar-refractivity contribution in [3.8, 4) is 11.4 Å². The number of ether oxygens (including phenoxy) is 1. The molecule has 126 valence electrons. The summed E-state index contributed by atoms with van der Waals surface area (Å²) >= 11 is 1.59. The van der Waals surface area contributed by atoms with E-state index in [9.17, 15) is 0 Å². The fraction of sp³-hybridized carbons (Fsp3) is 0.375. The van der Waals surface area contributed by atoms with Crippen molar-refractivity contribution >= 4 is 11.8 Å². The molecule has 0 spiro atoms. The molecular weight excluding hydrogens is 326 g/mol. The highest BCUT2D eigenvalue weighted by Gasteiger charge is 2.07. The van der Waals surface area contributed by atoms with Gasteiger partial charge in [-0.1, -0.05) is 31.5 Å². The van der Waals surface area contributed by atoms with Crippen LogP contribution in [-0.2, 0) is 6.61 Å². The topological polar surface area (TPSA) is 78.9 Å². The van der Waals surface area contributed by atoms with Crippen LogP contribution in [0.4, 0.5) is 0 Å². The first-order chi connectivity index (χ1) is 11.8. The summed E-state index contributed by atoms with van der Waals surface area (Å²) in [5.74, 6) is 2.22. The second kappa shape index (κ2) is 8.49. The minimum absolute atomic E-state index is 0.258. The highest BCUT2D eigenvalue weighted by atomic mass is 32.2. The van der Waals surface area contributed by atoms with Crippen molar-refractivity contribution in [1.29, 1.82) is 0 Å². The number of rotatable bonds is 9. The number of nitrogens with zero attached hydrogens (tertiary/aromatic N) is 5. The molecule has 2 heterocycles. The lowest BCUT2D eigenvalue weighted by Gasteiger charge is -2.05. The normalized spacial score (nSPS) is 10.9. The summed E-state index contributed by atoms with van der Waals surface area (Å²) in [6.45, 7) is 2.44. The molecule has 0 atom stereocenters. The highest BCUT2D eigenvalue weighted by molar-refractivity contribution is 7.99. The van der Waals surface area contributed by atoms with Gasteiger partial charge in [-0.15, -0.1) is 20.4 Å². The van der Waals surface area contributed by atoms with Crippen LogP contribution in [0, 0.1) is 0 Å². The Balaban J connectivity index is 1.48. The molecule has 1 aromatic carbocycles. The van der Waals surface area contributed by atoms with Crippen molar-refractivity contribution in [3.63, 3.8) is 0 Å². The maximum absolute atomic E-state index is 5.67. The lowest BCUT2D eigenvalue weighted by Crippen LogP contribution is -1.96. The van der Waals surface area contributed by atoms with Gasteiger partial charge < -0.3 is 9.15 Å². The van der Waals surface area contributed by atoms with E-state index in [-0.39, 0.29) is 6.61 Å². The molecule has 0 aliphatic carbocycles. The zero-order valence-corrected chi connectivity index (χ0v) is 14.3. The Kier molecular flexibility index (Phi) is 5.84. The Bertz CT molecular complexity index is 727. The zero-order valence-electron chi connectivity index (χ0n) is 13.5. The van der Waals surface area contributed by atoms with Gasteiger partial charge in [-0.05, 0) is 30.7 Å². The molecule has 0 unspecified atom stereocenters. The summed E-state index contributed by atoms with van der Waals surface area (Å²) in [5.41, 5.74) is 0.968. The van der Waals surface area contributed by atoms with E-state index >= 15 is 0 Å². The predicted octanol–water partition coefficient (Wildman–Crippen LogP) is 3.51. The molecule has 2 aromatic heterocycles. The second-order valence-electron chi connectivity index (χ2n) is 5.17. The summed E-state index contributed by atoms with van der Waals surface area (Å²) in [4.78, 5) is 0. The first-order valence-corrected chi connectivity index (χ1v) is 8.87. The summed E-state index contributed by atoms with van der Waals surface area (Å²) in [5, 5.41) is 16.2. The Hall–Kier alpha value is -2.35. The van der Waals surface area contributed by atoms with Crippen LogP contribution in [-0.4, -0.2) is 30.7 Å². The predicted molar refractivity (Wildman–Crippen MR) is 90.2 cm³/mol. The molecule has 0 amide bonds. The van der Waals surface area contributed by atoms with Crippen LogP contribution in [0.2, 0.25) is 0 Å².